The molecule has 0 bridgehead atoms. The number of carbonyl (C=O) groups is 2. The van der Waals surface area contributed by atoms with E-state index in [1.807, 2.05) is 37.3 Å². The van der Waals surface area contributed by atoms with Gasteiger partial charge in [-0.15, -0.1) is 0 Å². The molecule has 2 heterocycles. The highest BCUT2D eigenvalue weighted by Crippen LogP contribution is 2.29. The molecule has 3 amide bonds. The van der Waals surface area contributed by atoms with Crippen LogP contribution in [0.3, 0.4) is 0 Å². The molecule has 3 atom stereocenters. The molecule has 9 nitrogen and oxygen atoms in total. The number of aliphatic hydroxyl groups excluding tert-OH is 1. The molecule has 40 heavy (non-hydrogen) atoms. The molecule has 2 aliphatic rings. The maximum Gasteiger partial charge on any atom is 0.319 e. The van der Waals surface area contributed by atoms with Crippen LogP contribution in [0.5, 0.6) is 5.75 Å². The molecule has 1 fully saturated rings. The van der Waals surface area contributed by atoms with Crippen molar-refractivity contribution in [3.8, 4) is 5.75 Å². The van der Waals surface area contributed by atoms with Gasteiger partial charge in [-0.3, -0.25) is 14.7 Å². The number of anilines is 1. The third-order valence-electron chi connectivity index (χ3n) is 8.14. The Morgan fingerprint density at radius 2 is 1.95 bits per heavy atom. The van der Waals surface area contributed by atoms with Crippen molar-refractivity contribution in [2.75, 3.05) is 38.6 Å². The lowest BCUT2D eigenvalue weighted by Gasteiger charge is -2.34. The molecule has 0 radical (unpaired) electrons. The highest BCUT2D eigenvalue weighted by Gasteiger charge is 2.31. The van der Waals surface area contributed by atoms with Crippen molar-refractivity contribution in [3.63, 3.8) is 0 Å². The highest BCUT2D eigenvalue weighted by molar-refractivity contribution is 5.90. The number of pyridine rings is 1. The topological polar surface area (TPSA) is 107 Å². The van der Waals surface area contributed by atoms with Crippen LogP contribution >= 0.6 is 0 Å². The van der Waals surface area contributed by atoms with Crippen molar-refractivity contribution in [2.24, 2.45) is 11.8 Å². The second kappa shape index (κ2) is 14.5. The van der Waals surface area contributed by atoms with Crippen LogP contribution in [0.2, 0.25) is 0 Å². The van der Waals surface area contributed by atoms with E-state index in [4.69, 9.17) is 4.74 Å². The average Bonchev–Trinajstić information content (AvgIpc) is 3.00. The third kappa shape index (κ3) is 8.41. The standard InChI is InChI=1S/C31H45N5O4/c1-22-18-36(23(2)21-37)30(38)16-26-15-27(34-31(39)33-17-24-7-5-4-6-8-24)9-10-28(26)40-29(22)20-35(3)19-25-11-13-32-14-12-25/h9-15,22-24,29,37H,4-8,16-21H2,1-3H3,(H2,33,34,39)/t22-,23?,29+/m1/s1. The van der Waals surface area contributed by atoms with Crippen molar-refractivity contribution in [1.82, 2.24) is 20.1 Å². The molecular formula is C31H45N5O4. The number of nitrogens with one attached hydrogen (secondary N) is 2. The molecule has 4 rings (SSSR count). The Balaban J connectivity index is 1.50. The first-order valence-corrected chi connectivity index (χ1v) is 14.6. The summed E-state index contributed by atoms with van der Waals surface area (Å²) >= 11 is 0. The van der Waals surface area contributed by atoms with Crippen LogP contribution in [0.1, 0.15) is 57.1 Å². The summed E-state index contributed by atoms with van der Waals surface area (Å²) in [5.41, 5.74) is 2.51. The first-order chi connectivity index (χ1) is 19.3. The number of nitrogens with zero attached hydrogens (tertiary/aromatic N) is 3. The number of rotatable bonds is 9. The summed E-state index contributed by atoms with van der Waals surface area (Å²) in [5, 5.41) is 15.8. The van der Waals surface area contributed by atoms with Gasteiger partial charge in [-0.25, -0.2) is 4.79 Å². The number of hydrogen-bond acceptors (Lipinski definition) is 6. The molecule has 0 saturated heterocycles. The van der Waals surface area contributed by atoms with Crippen molar-refractivity contribution in [2.45, 2.75) is 71.1 Å². The molecule has 1 aromatic heterocycles. The van der Waals surface area contributed by atoms with Gasteiger partial charge in [0.05, 0.1) is 19.1 Å². The zero-order valence-corrected chi connectivity index (χ0v) is 24.1. The predicted molar refractivity (Wildman–Crippen MR) is 156 cm³/mol. The van der Waals surface area contributed by atoms with E-state index in [1.165, 1.54) is 32.1 Å². The minimum atomic E-state index is -0.307. The largest absolute Gasteiger partial charge is 0.488 e. The molecule has 218 valence electrons. The molecule has 2 aromatic rings. The monoisotopic (exact) mass is 551 g/mol. The lowest BCUT2D eigenvalue weighted by atomic mass is 9.89. The third-order valence-corrected chi connectivity index (χ3v) is 8.14. The predicted octanol–water partition coefficient (Wildman–Crippen LogP) is 4.06. The molecular weight excluding hydrogens is 506 g/mol. The van der Waals surface area contributed by atoms with Gasteiger partial charge in [-0.1, -0.05) is 26.2 Å². The quantitative estimate of drug-likeness (QED) is 0.434. The van der Waals surface area contributed by atoms with Crippen molar-refractivity contribution in [1.29, 1.82) is 0 Å². The number of carbonyl (C=O) groups excluding carboxylic acids is 2. The Labute approximate surface area is 238 Å². The minimum Gasteiger partial charge on any atom is -0.488 e. The summed E-state index contributed by atoms with van der Waals surface area (Å²) in [5.74, 6) is 1.14. The molecule has 0 spiro atoms. The first kappa shape index (κ1) is 29.8. The van der Waals surface area contributed by atoms with Crippen molar-refractivity contribution >= 4 is 17.6 Å². The van der Waals surface area contributed by atoms with Gasteiger partial charge in [0.2, 0.25) is 5.91 Å². The Hall–Kier alpha value is -3.17. The fourth-order valence-electron chi connectivity index (χ4n) is 5.70. The van der Waals surface area contributed by atoms with E-state index < -0.39 is 0 Å². The second-order valence-electron chi connectivity index (χ2n) is 11.6. The second-order valence-corrected chi connectivity index (χ2v) is 11.6. The molecule has 9 heteroatoms. The SMILES string of the molecule is CC(CO)N1C[C@@H](C)[C@H](CN(C)Cc2ccncc2)Oc2ccc(NC(=O)NCC3CCCCC3)cc2CC1=O. The molecule has 1 saturated carbocycles. The molecule has 3 N–H and O–H groups in total. The molecule has 1 aliphatic carbocycles. The van der Waals surface area contributed by atoms with Gasteiger partial charge in [0.1, 0.15) is 11.9 Å². The maximum atomic E-state index is 13.5. The Kier molecular flexibility index (Phi) is 10.8. The summed E-state index contributed by atoms with van der Waals surface area (Å²) in [6.45, 7) is 6.41. The van der Waals surface area contributed by atoms with Gasteiger partial charge in [0, 0.05) is 55.7 Å². The van der Waals surface area contributed by atoms with Gasteiger partial charge in [-0.05, 0) is 68.6 Å². The van der Waals surface area contributed by atoms with Crippen LogP contribution in [0.4, 0.5) is 10.5 Å². The zero-order chi connectivity index (χ0) is 28.5. The number of likely N-dealkylation sites (N-methyl/N-ethyl adjacent to an activating group) is 1. The van der Waals surface area contributed by atoms with E-state index in [2.05, 4.69) is 34.5 Å². The molecule has 1 aromatic carbocycles. The van der Waals surface area contributed by atoms with Crippen LogP contribution in [0, 0.1) is 11.8 Å². The normalized spacial score (nSPS) is 21.0. The number of aliphatic hydroxyl groups is 1. The van der Waals surface area contributed by atoms with Crippen LogP contribution in [-0.4, -0.2) is 77.3 Å². The Morgan fingerprint density at radius 1 is 1.20 bits per heavy atom. The fourth-order valence-corrected chi connectivity index (χ4v) is 5.70. The number of amides is 3. The number of benzene rings is 1. The van der Waals surface area contributed by atoms with E-state index in [-0.39, 0.29) is 43.0 Å². The summed E-state index contributed by atoms with van der Waals surface area (Å²) in [7, 11) is 2.06. The number of hydrogen-bond donors (Lipinski definition) is 3. The van der Waals surface area contributed by atoms with E-state index in [0.717, 1.165) is 17.7 Å². The minimum absolute atomic E-state index is 0.0205. The van der Waals surface area contributed by atoms with E-state index in [1.54, 1.807) is 17.3 Å². The Bertz CT molecular complexity index is 1110. The lowest BCUT2D eigenvalue weighted by molar-refractivity contribution is -0.134. The highest BCUT2D eigenvalue weighted by atomic mass is 16.5. The summed E-state index contributed by atoms with van der Waals surface area (Å²) < 4.78 is 6.61. The summed E-state index contributed by atoms with van der Waals surface area (Å²) in [6, 6.07) is 8.98. The van der Waals surface area contributed by atoms with Gasteiger partial charge in [-0.2, -0.15) is 0 Å². The molecule has 1 aliphatic heterocycles. The van der Waals surface area contributed by atoms with Gasteiger partial charge in [0.15, 0.2) is 0 Å². The molecule has 1 unspecified atom stereocenters. The summed E-state index contributed by atoms with van der Waals surface area (Å²) in [4.78, 5) is 34.2. The summed E-state index contributed by atoms with van der Waals surface area (Å²) in [6.07, 6.45) is 9.61. The number of ether oxygens (including phenoxy) is 1. The van der Waals surface area contributed by atoms with Crippen LogP contribution in [0.25, 0.3) is 0 Å². The maximum absolute atomic E-state index is 13.5. The lowest BCUT2D eigenvalue weighted by Crippen LogP contribution is -2.47. The number of aromatic nitrogens is 1. The van der Waals surface area contributed by atoms with E-state index in [9.17, 15) is 14.7 Å². The van der Waals surface area contributed by atoms with E-state index >= 15 is 0 Å². The zero-order valence-electron chi connectivity index (χ0n) is 24.1. The number of fused-ring (bicyclic) bond motifs is 1. The van der Waals surface area contributed by atoms with Crippen molar-refractivity contribution in [3.05, 3.63) is 53.9 Å². The van der Waals surface area contributed by atoms with Crippen molar-refractivity contribution < 1.29 is 19.4 Å². The van der Waals surface area contributed by atoms with Crippen LogP contribution in [0.15, 0.2) is 42.7 Å². The number of urea groups is 1. The average molecular weight is 552 g/mol. The first-order valence-electron chi connectivity index (χ1n) is 14.6. The van der Waals surface area contributed by atoms with Gasteiger partial charge in [0.25, 0.3) is 0 Å². The van der Waals surface area contributed by atoms with Crippen LogP contribution < -0.4 is 15.4 Å². The fraction of sp³-hybridized carbons (Fsp3) is 0.581. The Morgan fingerprint density at radius 3 is 2.67 bits per heavy atom. The van der Waals surface area contributed by atoms with Gasteiger partial charge >= 0.3 is 6.03 Å². The smallest absolute Gasteiger partial charge is 0.319 e. The van der Waals surface area contributed by atoms with Crippen LogP contribution in [-0.2, 0) is 17.8 Å². The van der Waals surface area contributed by atoms with E-state index in [0.29, 0.717) is 37.0 Å². The van der Waals surface area contributed by atoms with Gasteiger partial charge < -0.3 is 25.4 Å².